The zero-order valence-electron chi connectivity index (χ0n) is 11.6. The van der Waals surface area contributed by atoms with Gasteiger partial charge in [-0.2, -0.15) is 0 Å². The molecule has 0 aliphatic carbocycles. The van der Waals surface area contributed by atoms with E-state index in [-0.39, 0.29) is 0 Å². The van der Waals surface area contributed by atoms with Gasteiger partial charge in [0.2, 0.25) is 0 Å². The molecule has 0 fully saturated rings. The van der Waals surface area contributed by atoms with Crippen LogP contribution in [0, 0.1) is 20.8 Å². The van der Waals surface area contributed by atoms with E-state index in [0.717, 1.165) is 29.0 Å². The van der Waals surface area contributed by atoms with Crippen LogP contribution < -0.4 is 5.32 Å². The average Bonchev–Trinajstić information content (AvgIpc) is 2.36. The first-order valence-electron chi connectivity index (χ1n) is 6.49. The number of nitrogens with one attached hydrogen (secondary N) is 1. The smallest absolute Gasteiger partial charge is 0.126 e. The van der Waals surface area contributed by atoms with Gasteiger partial charge in [0.1, 0.15) is 5.82 Å². The van der Waals surface area contributed by atoms with Gasteiger partial charge < -0.3 is 5.32 Å². The van der Waals surface area contributed by atoms with E-state index in [9.17, 15) is 0 Å². The second-order valence-corrected chi connectivity index (χ2v) is 5.72. The van der Waals surface area contributed by atoms with E-state index in [0.29, 0.717) is 0 Å². The highest BCUT2D eigenvalue weighted by molar-refractivity contribution is 9.10. The lowest BCUT2D eigenvalue weighted by Crippen LogP contribution is -2.07. The number of hydrogen-bond donors (Lipinski definition) is 1. The van der Waals surface area contributed by atoms with Gasteiger partial charge in [0, 0.05) is 11.0 Å². The fraction of sp³-hybridized carbons (Fsp3) is 0.312. The first kappa shape index (κ1) is 14.1. The molecule has 2 nitrogen and oxygen atoms in total. The van der Waals surface area contributed by atoms with Crippen molar-refractivity contribution in [2.75, 3.05) is 11.9 Å². The summed E-state index contributed by atoms with van der Waals surface area (Å²) in [5, 5.41) is 3.37. The normalized spacial score (nSPS) is 10.5. The molecule has 1 aromatic heterocycles. The molecule has 0 saturated carbocycles. The molecule has 1 N–H and O–H groups in total. The van der Waals surface area contributed by atoms with E-state index >= 15 is 0 Å². The number of aryl methyl sites for hydroxylation is 3. The van der Waals surface area contributed by atoms with Crippen LogP contribution in [0.2, 0.25) is 0 Å². The van der Waals surface area contributed by atoms with Crippen LogP contribution >= 0.6 is 15.9 Å². The monoisotopic (exact) mass is 318 g/mol. The maximum atomic E-state index is 4.48. The van der Waals surface area contributed by atoms with Gasteiger partial charge in [0.05, 0.1) is 5.69 Å². The molecule has 0 aliphatic rings. The van der Waals surface area contributed by atoms with Crippen molar-refractivity contribution in [3.63, 3.8) is 0 Å². The molecule has 0 saturated heterocycles. The van der Waals surface area contributed by atoms with Crippen LogP contribution in [0.3, 0.4) is 0 Å². The molecule has 0 bridgehead atoms. The van der Waals surface area contributed by atoms with Crippen LogP contribution in [0.4, 0.5) is 5.82 Å². The first-order valence-corrected chi connectivity index (χ1v) is 7.29. The Morgan fingerprint density at radius 1 is 1.11 bits per heavy atom. The Labute approximate surface area is 123 Å². The van der Waals surface area contributed by atoms with E-state index in [2.05, 4.69) is 58.3 Å². The summed E-state index contributed by atoms with van der Waals surface area (Å²) in [6.07, 6.45) is 1.02. The molecule has 1 aromatic carbocycles. The predicted octanol–water partition coefficient (Wildman–Crippen LogP) is 4.42. The van der Waals surface area contributed by atoms with E-state index in [1.165, 1.54) is 16.7 Å². The van der Waals surface area contributed by atoms with Crippen LogP contribution in [0.5, 0.6) is 0 Å². The molecule has 0 amide bonds. The van der Waals surface area contributed by atoms with Gasteiger partial charge in [0.25, 0.3) is 0 Å². The Kier molecular flexibility index (Phi) is 4.59. The number of halogens is 1. The van der Waals surface area contributed by atoms with Gasteiger partial charge in [-0.15, -0.1) is 0 Å². The number of benzene rings is 1. The lowest BCUT2D eigenvalue weighted by atomic mass is 10.0. The van der Waals surface area contributed by atoms with E-state index in [1.807, 2.05) is 19.1 Å². The number of hydrogen-bond acceptors (Lipinski definition) is 2. The maximum Gasteiger partial charge on any atom is 0.126 e. The maximum absolute atomic E-state index is 4.48. The summed E-state index contributed by atoms with van der Waals surface area (Å²) in [4.78, 5) is 4.48. The Morgan fingerprint density at radius 2 is 1.89 bits per heavy atom. The molecule has 0 unspecified atom stereocenters. The molecule has 19 heavy (non-hydrogen) atoms. The lowest BCUT2D eigenvalue weighted by molar-refractivity contribution is 0.986. The standard InChI is InChI=1S/C16H19BrN2/c1-11-4-5-14(12(2)10-11)8-9-18-16-7-6-15(17)13(3)19-16/h4-7,10H,8-9H2,1-3H3,(H,18,19). The van der Waals surface area contributed by atoms with Gasteiger partial charge in [0.15, 0.2) is 0 Å². The van der Waals surface area contributed by atoms with Crippen molar-refractivity contribution < 1.29 is 0 Å². The van der Waals surface area contributed by atoms with Gasteiger partial charge in [-0.05, 0) is 66.4 Å². The van der Waals surface area contributed by atoms with Crippen molar-refractivity contribution in [1.29, 1.82) is 0 Å². The lowest BCUT2D eigenvalue weighted by Gasteiger charge is -2.09. The highest BCUT2D eigenvalue weighted by Crippen LogP contribution is 2.16. The van der Waals surface area contributed by atoms with Crippen LogP contribution in [0.1, 0.15) is 22.4 Å². The van der Waals surface area contributed by atoms with E-state index in [4.69, 9.17) is 0 Å². The summed E-state index contributed by atoms with van der Waals surface area (Å²) >= 11 is 3.46. The summed E-state index contributed by atoms with van der Waals surface area (Å²) in [5.41, 5.74) is 5.09. The SMILES string of the molecule is Cc1ccc(CCNc2ccc(Br)c(C)n2)c(C)c1. The largest absolute Gasteiger partial charge is 0.370 e. The fourth-order valence-corrected chi connectivity index (χ4v) is 2.31. The number of pyridine rings is 1. The summed E-state index contributed by atoms with van der Waals surface area (Å²) in [6, 6.07) is 10.6. The number of anilines is 1. The summed E-state index contributed by atoms with van der Waals surface area (Å²) in [6.45, 7) is 7.20. The van der Waals surface area contributed by atoms with Gasteiger partial charge in [-0.25, -0.2) is 4.98 Å². The number of aromatic nitrogens is 1. The Morgan fingerprint density at radius 3 is 2.58 bits per heavy atom. The predicted molar refractivity (Wildman–Crippen MR) is 84.8 cm³/mol. The van der Waals surface area contributed by atoms with Crippen molar-refractivity contribution in [3.05, 3.63) is 57.2 Å². The third-order valence-corrected chi connectivity index (χ3v) is 4.06. The third-order valence-electron chi connectivity index (χ3n) is 3.22. The third kappa shape index (κ3) is 3.80. The molecular weight excluding hydrogens is 300 g/mol. The van der Waals surface area contributed by atoms with Crippen molar-refractivity contribution in [2.24, 2.45) is 0 Å². The fourth-order valence-electron chi connectivity index (χ4n) is 2.09. The molecule has 0 aliphatic heterocycles. The molecule has 1 heterocycles. The van der Waals surface area contributed by atoms with Crippen LogP contribution in [0.15, 0.2) is 34.8 Å². The van der Waals surface area contributed by atoms with Crippen LogP contribution in [-0.2, 0) is 6.42 Å². The molecule has 0 atom stereocenters. The van der Waals surface area contributed by atoms with E-state index in [1.54, 1.807) is 0 Å². The zero-order valence-corrected chi connectivity index (χ0v) is 13.2. The molecule has 0 radical (unpaired) electrons. The van der Waals surface area contributed by atoms with Gasteiger partial charge in [-0.3, -0.25) is 0 Å². The summed E-state index contributed by atoms with van der Waals surface area (Å²) in [5.74, 6) is 0.936. The Hall–Kier alpha value is -1.35. The van der Waals surface area contributed by atoms with Crippen molar-refractivity contribution >= 4 is 21.7 Å². The van der Waals surface area contributed by atoms with Crippen molar-refractivity contribution in [3.8, 4) is 0 Å². The molecule has 100 valence electrons. The molecule has 2 rings (SSSR count). The highest BCUT2D eigenvalue weighted by Gasteiger charge is 2.01. The summed E-state index contributed by atoms with van der Waals surface area (Å²) < 4.78 is 1.05. The van der Waals surface area contributed by atoms with Crippen molar-refractivity contribution in [2.45, 2.75) is 27.2 Å². The molecule has 0 spiro atoms. The molecule has 2 aromatic rings. The highest BCUT2D eigenvalue weighted by atomic mass is 79.9. The topological polar surface area (TPSA) is 24.9 Å². The Bertz CT molecular complexity index is 579. The van der Waals surface area contributed by atoms with E-state index < -0.39 is 0 Å². The van der Waals surface area contributed by atoms with Gasteiger partial charge >= 0.3 is 0 Å². The minimum Gasteiger partial charge on any atom is -0.370 e. The summed E-state index contributed by atoms with van der Waals surface area (Å²) in [7, 11) is 0. The number of nitrogens with zero attached hydrogens (tertiary/aromatic N) is 1. The minimum atomic E-state index is 0.901. The first-order chi connectivity index (χ1) is 9.06. The van der Waals surface area contributed by atoms with Gasteiger partial charge in [-0.1, -0.05) is 23.8 Å². The minimum absolute atomic E-state index is 0.901. The molecule has 3 heteroatoms. The average molecular weight is 319 g/mol. The van der Waals surface area contributed by atoms with Crippen LogP contribution in [0.25, 0.3) is 0 Å². The second-order valence-electron chi connectivity index (χ2n) is 4.87. The van der Waals surface area contributed by atoms with Crippen LogP contribution in [-0.4, -0.2) is 11.5 Å². The number of rotatable bonds is 4. The van der Waals surface area contributed by atoms with Crippen molar-refractivity contribution in [1.82, 2.24) is 4.98 Å². The molecular formula is C16H19BrN2. The zero-order chi connectivity index (χ0) is 13.8. The quantitative estimate of drug-likeness (QED) is 0.902. The second kappa shape index (κ2) is 6.20. The Balaban J connectivity index is 1.94.